The number of carbonyl (C=O) groups excluding carboxylic acids is 3. The largest absolute Gasteiger partial charge is 0.492 e. The number of esters is 1. The van der Waals surface area contributed by atoms with E-state index in [2.05, 4.69) is 25.1 Å². The van der Waals surface area contributed by atoms with E-state index in [-0.39, 0.29) is 34.8 Å². The van der Waals surface area contributed by atoms with Gasteiger partial charge in [0, 0.05) is 12.1 Å². The van der Waals surface area contributed by atoms with Crippen LogP contribution in [0.15, 0.2) is 52.4 Å². The summed E-state index contributed by atoms with van der Waals surface area (Å²) < 4.78 is 10.0. The summed E-state index contributed by atoms with van der Waals surface area (Å²) in [5.74, 6) is -0.0423. The lowest BCUT2D eigenvalue weighted by atomic mass is 9.93. The van der Waals surface area contributed by atoms with Gasteiger partial charge < -0.3 is 25.6 Å². The Morgan fingerprint density at radius 1 is 1.25 bits per heavy atom. The molecule has 0 saturated carbocycles. The van der Waals surface area contributed by atoms with Gasteiger partial charge in [0.1, 0.15) is 17.4 Å². The maximum atomic E-state index is 13.3. The third-order valence-corrected chi connectivity index (χ3v) is 4.91. The van der Waals surface area contributed by atoms with E-state index in [1.165, 1.54) is 12.1 Å². The Kier molecular flexibility index (Phi) is 7.69. The van der Waals surface area contributed by atoms with Crippen molar-refractivity contribution >= 4 is 45.8 Å². The topological polar surface area (TPSA) is 209 Å². The first-order chi connectivity index (χ1) is 17.2. The number of Topliss-reactive ketones (excluding diaryl/α,β-unsaturated/α-hetero) is 1. The lowest BCUT2D eigenvalue weighted by molar-refractivity contribution is -0.384. The maximum absolute atomic E-state index is 13.3. The number of non-ortho nitro benzene ring substituents is 1. The minimum Gasteiger partial charge on any atom is -0.492 e. The molecule has 0 aliphatic heterocycles. The van der Waals surface area contributed by atoms with E-state index in [0.29, 0.717) is 0 Å². The van der Waals surface area contributed by atoms with Crippen molar-refractivity contribution in [1.29, 1.82) is 0 Å². The highest BCUT2D eigenvalue weighted by atomic mass is 16.6. The number of amides is 1. The van der Waals surface area contributed by atoms with E-state index in [9.17, 15) is 29.3 Å². The van der Waals surface area contributed by atoms with Crippen LogP contribution in [0.25, 0.3) is 11.0 Å². The summed E-state index contributed by atoms with van der Waals surface area (Å²) in [4.78, 5) is 68.2. The third-order valence-electron chi connectivity index (χ3n) is 4.91. The molecule has 1 atom stereocenters. The SMILES string of the molecule is CCOc1ccccc1NC(=O)C(=O)C(C(=NN)C(=O)OC)c1nc2ccc([N+](=O)[O-])cc2[nH]c1=O. The molecule has 0 aliphatic carbocycles. The molecule has 1 unspecified atom stereocenters. The lowest BCUT2D eigenvalue weighted by Crippen LogP contribution is -2.40. The molecule has 2 aromatic carbocycles. The van der Waals surface area contributed by atoms with Gasteiger partial charge in [-0.25, -0.2) is 9.78 Å². The molecule has 0 bridgehead atoms. The molecule has 3 aromatic rings. The Labute approximate surface area is 202 Å². The number of anilines is 1. The fourth-order valence-electron chi connectivity index (χ4n) is 3.29. The van der Waals surface area contributed by atoms with Crippen LogP contribution in [0.5, 0.6) is 5.75 Å². The van der Waals surface area contributed by atoms with Crippen LogP contribution in [0, 0.1) is 10.1 Å². The number of aromatic amines is 1. The van der Waals surface area contributed by atoms with Gasteiger partial charge in [0.2, 0.25) is 5.78 Å². The molecule has 1 heterocycles. The van der Waals surface area contributed by atoms with Crippen molar-refractivity contribution < 1.29 is 28.8 Å². The molecular formula is C22H20N6O8. The van der Waals surface area contributed by atoms with Crippen molar-refractivity contribution in [2.45, 2.75) is 12.8 Å². The number of hydrogen-bond donors (Lipinski definition) is 3. The quantitative estimate of drug-likeness (QED) is 0.0955. The summed E-state index contributed by atoms with van der Waals surface area (Å²) >= 11 is 0. The number of ether oxygens (including phenoxy) is 2. The van der Waals surface area contributed by atoms with E-state index in [1.807, 2.05) is 0 Å². The van der Waals surface area contributed by atoms with Gasteiger partial charge in [-0.1, -0.05) is 12.1 Å². The van der Waals surface area contributed by atoms with E-state index in [4.69, 9.17) is 10.6 Å². The fraction of sp³-hybridized carbons (Fsp3) is 0.182. The Balaban J connectivity index is 2.11. The molecule has 0 aliphatic rings. The summed E-state index contributed by atoms with van der Waals surface area (Å²) in [6.45, 7) is 2.01. The summed E-state index contributed by atoms with van der Waals surface area (Å²) in [5, 5.41) is 16.7. The number of methoxy groups -OCH3 is 1. The lowest BCUT2D eigenvalue weighted by Gasteiger charge is -2.16. The average Bonchev–Trinajstić information content (AvgIpc) is 2.87. The predicted octanol–water partition coefficient (Wildman–Crippen LogP) is 1.01. The Morgan fingerprint density at radius 2 is 1.97 bits per heavy atom. The molecule has 14 heteroatoms. The molecule has 0 spiro atoms. The first kappa shape index (κ1) is 25.5. The number of nitrogens with one attached hydrogen (secondary N) is 2. The minimum absolute atomic E-state index is 0.0106. The first-order valence-corrected chi connectivity index (χ1v) is 10.3. The second-order valence-electron chi connectivity index (χ2n) is 7.10. The first-order valence-electron chi connectivity index (χ1n) is 10.3. The van der Waals surface area contributed by atoms with Gasteiger partial charge >= 0.3 is 5.97 Å². The normalized spacial score (nSPS) is 12.0. The average molecular weight is 496 g/mol. The molecule has 0 saturated heterocycles. The van der Waals surface area contributed by atoms with Crippen LogP contribution >= 0.6 is 0 Å². The molecule has 14 nitrogen and oxygen atoms in total. The highest BCUT2D eigenvalue weighted by molar-refractivity contribution is 6.53. The van der Waals surface area contributed by atoms with E-state index in [1.54, 1.807) is 25.1 Å². The van der Waals surface area contributed by atoms with Crippen molar-refractivity contribution in [2.24, 2.45) is 10.9 Å². The van der Waals surface area contributed by atoms with Crippen LogP contribution in [-0.4, -0.2) is 52.0 Å². The molecule has 3 rings (SSSR count). The van der Waals surface area contributed by atoms with Crippen LogP contribution in [-0.2, 0) is 19.1 Å². The maximum Gasteiger partial charge on any atom is 0.355 e. The number of nitro benzene ring substituents is 1. The number of hydrogen-bond acceptors (Lipinski definition) is 11. The molecule has 186 valence electrons. The van der Waals surface area contributed by atoms with Gasteiger partial charge in [-0.2, -0.15) is 5.10 Å². The van der Waals surface area contributed by atoms with Gasteiger partial charge in [-0.3, -0.25) is 24.5 Å². The van der Waals surface area contributed by atoms with Crippen molar-refractivity contribution in [3.63, 3.8) is 0 Å². The molecule has 1 aromatic heterocycles. The number of aromatic nitrogens is 2. The van der Waals surface area contributed by atoms with Gasteiger partial charge in [0.15, 0.2) is 5.71 Å². The Hall–Kier alpha value is -5.14. The second-order valence-corrected chi connectivity index (χ2v) is 7.10. The fourth-order valence-corrected chi connectivity index (χ4v) is 3.29. The highest BCUT2D eigenvalue weighted by Gasteiger charge is 2.39. The number of fused-ring (bicyclic) bond motifs is 1. The zero-order valence-corrected chi connectivity index (χ0v) is 19.0. The zero-order chi connectivity index (χ0) is 26.4. The highest BCUT2D eigenvalue weighted by Crippen LogP contribution is 2.25. The second kappa shape index (κ2) is 10.9. The summed E-state index contributed by atoms with van der Waals surface area (Å²) in [5.41, 5.74) is -2.48. The number of nitrogens with zero attached hydrogens (tertiary/aromatic N) is 3. The van der Waals surface area contributed by atoms with Gasteiger partial charge in [0.05, 0.1) is 35.4 Å². The number of carbonyl (C=O) groups is 3. The number of H-pyrrole nitrogens is 1. The van der Waals surface area contributed by atoms with E-state index in [0.717, 1.165) is 19.2 Å². The van der Waals surface area contributed by atoms with Crippen LogP contribution in [0.4, 0.5) is 11.4 Å². The molecule has 1 amide bonds. The summed E-state index contributed by atoms with van der Waals surface area (Å²) in [6, 6.07) is 9.73. The van der Waals surface area contributed by atoms with Crippen molar-refractivity contribution in [2.75, 3.05) is 19.0 Å². The van der Waals surface area contributed by atoms with Crippen LogP contribution < -0.4 is 21.5 Å². The number of nitro groups is 1. The van der Waals surface area contributed by atoms with Gasteiger partial charge in [-0.15, -0.1) is 0 Å². The number of ketones is 1. The zero-order valence-electron chi connectivity index (χ0n) is 19.0. The van der Waals surface area contributed by atoms with Crippen LogP contribution in [0.2, 0.25) is 0 Å². The molecular weight excluding hydrogens is 476 g/mol. The molecule has 0 fully saturated rings. The van der Waals surface area contributed by atoms with Crippen molar-refractivity contribution in [1.82, 2.24) is 9.97 Å². The van der Waals surface area contributed by atoms with E-state index >= 15 is 0 Å². The molecule has 4 N–H and O–H groups in total. The van der Waals surface area contributed by atoms with Crippen molar-refractivity contribution in [3.8, 4) is 5.75 Å². The minimum atomic E-state index is -1.95. The Bertz CT molecular complexity index is 1450. The summed E-state index contributed by atoms with van der Waals surface area (Å²) in [7, 11) is 0.991. The smallest absolute Gasteiger partial charge is 0.355 e. The van der Waals surface area contributed by atoms with E-state index < -0.39 is 45.5 Å². The van der Waals surface area contributed by atoms with Gasteiger partial charge in [-0.05, 0) is 25.1 Å². The van der Waals surface area contributed by atoms with Crippen LogP contribution in [0.3, 0.4) is 0 Å². The predicted molar refractivity (Wildman–Crippen MR) is 127 cm³/mol. The molecule has 0 radical (unpaired) electrons. The summed E-state index contributed by atoms with van der Waals surface area (Å²) in [6.07, 6.45) is 0. The van der Waals surface area contributed by atoms with Crippen LogP contribution in [0.1, 0.15) is 18.5 Å². The number of nitrogens with two attached hydrogens (primary N) is 1. The van der Waals surface area contributed by atoms with Gasteiger partial charge in [0.25, 0.3) is 17.2 Å². The third kappa shape index (κ3) is 5.16. The molecule has 36 heavy (non-hydrogen) atoms. The number of para-hydroxylation sites is 2. The number of rotatable bonds is 9. The van der Waals surface area contributed by atoms with Crippen molar-refractivity contribution in [3.05, 3.63) is 68.6 Å². The number of benzene rings is 2. The Morgan fingerprint density at radius 3 is 2.61 bits per heavy atom. The standard InChI is InChI=1S/C22H20N6O8/c1-3-36-15-7-5-4-6-13(15)25-21(31)19(29)16(18(27-23)22(32)35-2)17-20(30)26-14-10-11(28(33)34)8-9-12(14)24-17/h4-10,16H,3,23H2,1-2H3,(H,25,31)(H,26,30). The number of hydrazone groups is 1. The monoisotopic (exact) mass is 496 g/mol.